The Labute approximate surface area is 149 Å². The first-order valence-electron chi connectivity index (χ1n) is 8.62. The van der Waals surface area contributed by atoms with Crippen LogP contribution in [0.2, 0.25) is 0 Å². The van der Waals surface area contributed by atoms with Gasteiger partial charge >= 0.3 is 6.09 Å². The second-order valence-corrected chi connectivity index (χ2v) is 8.35. The molecule has 2 amide bonds. The van der Waals surface area contributed by atoms with Crippen LogP contribution in [0.1, 0.15) is 53.4 Å². The Kier molecular flexibility index (Phi) is 5.70. The van der Waals surface area contributed by atoms with Crippen LogP contribution in [0.4, 0.5) is 4.79 Å². The summed E-state index contributed by atoms with van der Waals surface area (Å²) in [5.74, 6) is -0.193. The van der Waals surface area contributed by atoms with Crippen LogP contribution >= 0.6 is 11.6 Å². The number of likely N-dealkylation sites (tertiary alicyclic amines) is 1. The van der Waals surface area contributed by atoms with Crippen molar-refractivity contribution < 1.29 is 19.4 Å². The molecule has 24 heavy (non-hydrogen) atoms. The number of alkyl halides is 1. The molecule has 1 heterocycles. The van der Waals surface area contributed by atoms with E-state index in [4.69, 9.17) is 16.3 Å². The van der Waals surface area contributed by atoms with Crippen molar-refractivity contribution in [1.29, 1.82) is 0 Å². The summed E-state index contributed by atoms with van der Waals surface area (Å²) in [5.41, 5.74) is -1.53. The quantitative estimate of drug-likeness (QED) is 0.781. The molecular formula is C17H29ClN2O4. The zero-order valence-corrected chi connectivity index (χ0v) is 15.8. The van der Waals surface area contributed by atoms with Crippen molar-refractivity contribution in [1.82, 2.24) is 9.80 Å². The molecular weight excluding hydrogens is 332 g/mol. The van der Waals surface area contributed by atoms with Crippen LogP contribution in [0, 0.1) is 0 Å². The summed E-state index contributed by atoms with van der Waals surface area (Å²) < 4.78 is 5.42. The van der Waals surface area contributed by atoms with E-state index in [2.05, 4.69) is 0 Å². The van der Waals surface area contributed by atoms with Crippen molar-refractivity contribution in [2.75, 3.05) is 19.0 Å². The summed E-state index contributed by atoms with van der Waals surface area (Å²) in [6.45, 7) is 8.11. The van der Waals surface area contributed by atoms with Crippen LogP contribution in [0.5, 0.6) is 0 Å². The third-order valence-electron chi connectivity index (χ3n) is 4.54. The van der Waals surface area contributed by atoms with E-state index in [0.29, 0.717) is 19.4 Å². The molecule has 0 bridgehead atoms. The van der Waals surface area contributed by atoms with Crippen molar-refractivity contribution >= 4 is 23.6 Å². The molecule has 1 aliphatic carbocycles. The van der Waals surface area contributed by atoms with Gasteiger partial charge in [-0.05, 0) is 53.4 Å². The average molecular weight is 361 g/mol. The summed E-state index contributed by atoms with van der Waals surface area (Å²) in [4.78, 5) is 27.7. The maximum Gasteiger partial charge on any atom is 0.410 e. The van der Waals surface area contributed by atoms with Gasteiger partial charge in [0.05, 0.1) is 5.60 Å². The van der Waals surface area contributed by atoms with E-state index >= 15 is 0 Å². The second kappa shape index (κ2) is 7.08. The summed E-state index contributed by atoms with van der Waals surface area (Å²) in [6, 6.07) is 0.0604. The molecule has 0 radical (unpaired) electrons. The Hall–Kier alpha value is -1.01. The smallest absolute Gasteiger partial charge is 0.410 e. The fourth-order valence-corrected chi connectivity index (χ4v) is 3.40. The number of carbonyl (C=O) groups is 2. The number of piperidine rings is 1. The lowest BCUT2D eigenvalue weighted by molar-refractivity contribution is -0.135. The summed E-state index contributed by atoms with van der Waals surface area (Å²) in [7, 11) is 0. The fraction of sp³-hybridized carbons (Fsp3) is 0.882. The molecule has 138 valence electrons. The van der Waals surface area contributed by atoms with Gasteiger partial charge in [0.25, 0.3) is 0 Å². The zero-order chi connectivity index (χ0) is 18.1. The highest BCUT2D eigenvalue weighted by molar-refractivity contribution is 6.27. The molecule has 6 nitrogen and oxygen atoms in total. The van der Waals surface area contributed by atoms with Gasteiger partial charge in [-0.1, -0.05) is 0 Å². The van der Waals surface area contributed by atoms with E-state index in [9.17, 15) is 14.7 Å². The number of halogens is 1. The number of hydrogen-bond donors (Lipinski definition) is 1. The largest absolute Gasteiger partial charge is 0.444 e. The zero-order valence-electron chi connectivity index (χ0n) is 15.0. The van der Waals surface area contributed by atoms with Gasteiger partial charge in [-0.2, -0.15) is 0 Å². The molecule has 1 saturated carbocycles. The molecule has 1 N–H and O–H groups in total. The van der Waals surface area contributed by atoms with Crippen molar-refractivity contribution in [3.63, 3.8) is 0 Å². The van der Waals surface area contributed by atoms with E-state index < -0.39 is 11.2 Å². The molecule has 2 aliphatic rings. The first-order chi connectivity index (χ1) is 11.0. The van der Waals surface area contributed by atoms with Gasteiger partial charge in [0, 0.05) is 25.2 Å². The average Bonchev–Trinajstić information content (AvgIpc) is 3.26. The van der Waals surface area contributed by atoms with Crippen molar-refractivity contribution in [3.8, 4) is 0 Å². The molecule has 2 fully saturated rings. The Morgan fingerprint density at radius 3 is 2.46 bits per heavy atom. The summed E-state index contributed by atoms with van der Waals surface area (Å²) in [6.07, 6.45) is 2.43. The van der Waals surface area contributed by atoms with E-state index in [0.717, 1.165) is 12.8 Å². The highest BCUT2D eigenvalue weighted by Gasteiger charge is 2.43. The van der Waals surface area contributed by atoms with Gasteiger partial charge in [-0.15, -0.1) is 11.6 Å². The van der Waals surface area contributed by atoms with Gasteiger partial charge in [0.1, 0.15) is 11.5 Å². The van der Waals surface area contributed by atoms with Crippen LogP contribution in [0.25, 0.3) is 0 Å². The lowest BCUT2D eigenvalue weighted by atomic mass is 9.86. The maximum atomic E-state index is 12.3. The number of ether oxygens (including phenoxy) is 1. The third-order valence-corrected chi connectivity index (χ3v) is 4.77. The minimum Gasteiger partial charge on any atom is -0.444 e. The van der Waals surface area contributed by atoms with Crippen LogP contribution in [0.3, 0.4) is 0 Å². The second-order valence-electron chi connectivity index (χ2n) is 8.09. The predicted molar refractivity (Wildman–Crippen MR) is 92.0 cm³/mol. The third kappa shape index (κ3) is 4.99. The van der Waals surface area contributed by atoms with Crippen LogP contribution in [0.15, 0.2) is 0 Å². The number of aliphatic hydroxyl groups is 1. The molecule has 2 unspecified atom stereocenters. The highest BCUT2D eigenvalue weighted by atomic mass is 35.5. The Bertz CT molecular complexity index is 489. The minimum atomic E-state index is -0.984. The number of carbonyl (C=O) groups excluding carboxylic acids is 2. The van der Waals surface area contributed by atoms with E-state index in [1.807, 2.05) is 27.7 Å². The van der Waals surface area contributed by atoms with E-state index in [-0.39, 0.29) is 36.5 Å². The summed E-state index contributed by atoms with van der Waals surface area (Å²) in [5, 5.41) is 10.9. The molecule has 7 heteroatoms. The molecule has 1 aliphatic heterocycles. The molecule has 0 aromatic heterocycles. The van der Waals surface area contributed by atoms with Crippen LogP contribution in [-0.2, 0) is 9.53 Å². The van der Waals surface area contributed by atoms with Crippen molar-refractivity contribution in [2.24, 2.45) is 0 Å². The van der Waals surface area contributed by atoms with Crippen molar-refractivity contribution in [3.05, 3.63) is 0 Å². The molecule has 2 atom stereocenters. The molecule has 2 rings (SSSR count). The predicted octanol–water partition coefficient (Wildman–Crippen LogP) is 2.37. The standard InChI is InChI=1S/C17H29ClN2O4/c1-12-9-17(23,11-20(13-5-6-13)14(21)10-18)7-8-19(12)15(22)24-16(2,3)4/h12-13,23H,5-11H2,1-4H3. The Balaban J connectivity index is 1.97. The number of rotatable bonds is 4. The Morgan fingerprint density at radius 1 is 1.38 bits per heavy atom. The molecule has 0 aromatic carbocycles. The van der Waals surface area contributed by atoms with Gasteiger partial charge in [0.2, 0.25) is 5.91 Å². The normalized spacial score (nSPS) is 27.8. The van der Waals surface area contributed by atoms with Gasteiger partial charge in [-0.25, -0.2) is 4.79 Å². The molecule has 0 aromatic rings. The van der Waals surface area contributed by atoms with E-state index in [1.165, 1.54) is 0 Å². The van der Waals surface area contributed by atoms with Crippen LogP contribution in [-0.4, -0.2) is 69.2 Å². The topological polar surface area (TPSA) is 70.1 Å². The van der Waals surface area contributed by atoms with Gasteiger partial charge < -0.3 is 19.6 Å². The monoisotopic (exact) mass is 360 g/mol. The highest BCUT2D eigenvalue weighted by Crippen LogP contribution is 2.33. The van der Waals surface area contributed by atoms with Gasteiger partial charge in [-0.3, -0.25) is 4.79 Å². The SMILES string of the molecule is CC1CC(O)(CN(C(=O)CCl)C2CC2)CCN1C(=O)OC(C)(C)C. The molecule has 0 spiro atoms. The number of hydrogen-bond acceptors (Lipinski definition) is 4. The summed E-state index contributed by atoms with van der Waals surface area (Å²) >= 11 is 5.69. The van der Waals surface area contributed by atoms with Crippen LogP contribution < -0.4 is 0 Å². The molecule has 1 saturated heterocycles. The number of amides is 2. The van der Waals surface area contributed by atoms with Crippen molar-refractivity contribution in [2.45, 2.75) is 76.7 Å². The maximum absolute atomic E-state index is 12.3. The first kappa shape index (κ1) is 19.3. The fourth-order valence-electron chi connectivity index (χ4n) is 3.25. The Morgan fingerprint density at radius 2 is 2.00 bits per heavy atom. The first-order valence-corrected chi connectivity index (χ1v) is 9.15. The lowest BCUT2D eigenvalue weighted by Gasteiger charge is -2.44. The van der Waals surface area contributed by atoms with E-state index in [1.54, 1.807) is 9.80 Å². The van der Waals surface area contributed by atoms with Gasteiger partial charge in [0.15, 0.2) is 0 Å². The lowest BCUT2D eigenvalue weighted by Crippen LogP contribution is -2.57. The number of nitrogens with zero attached hydrogens (tertiary/aromatic N) is 2. The minimum absolute atomic E-state index is 0.0633.